The Labute approximate surface area is 175 Å². The summed E-state index contributed by atoms with van der Waals surface area (Å²) in [6.45, 7) is 4.32. The first-order valence-electron chi connectivity index (χ1n) is 9.36. The molecule has 2 aromatic rings. The second kappa shape index (κ2) is 11.1. The van der Waals surface area contributed by atoms with Gasteiger partial charge < -0.3 is 20.1 Å². The number of anilines is 2. The number of hydrogen-bond acceptors (Lipinski definition) is 4. The van der Waals surface area contributed by atoms with Crippen molar-refractivity contribution in [2.45, 2.75) is 26.7 Å². The number of hydrogen-bond donors (Lipinski definition) is 2. The molecule has 6 nitrogen and oxygen atoms in total. The quantitative estimate of drug-likeness (QED) is 0.555. The molecule has 2 aromatic carbocycles. The van der Waals surface area contributed by atoms with Crippen molar-refractivity contribution in [3.05, 3.63) is 53.1 Å². The molecule has 0 atom stereocenters. The largest absolute Gasteiger partial charge is 0.493 e. The van der Waals surface area contributed by atoms with Crippen LogP contribution in [0, 0.1) is 0 Å². The number of methoxy groups -OCH3 is 1. The molecule has 7 heteroatoms. The number of nitrogens with one attached hydrogen (secondary N) is 2. The first kappa shape index (κ1) is 22.3. The van der Waals surface area contributed by atoms with E-state index in [4.69, 9.17) is 21.1 Å². The van der Waals surface area contributed by atoms with E-state index in [2.05, 4.69) is 10.6 Å². The highest BCUT2D eigenvalue weighted by molar-refractivity contribution is 6.32. The molecule has 0 fully saturated rings. The molecule has 0 aromatic heterocycles. The van der Waals surface area contributed by atoms with Gasteiger partial charge in [-0.3, -0.25) is 9.59 Å². The molecule has 0 saturated carbocycles. The van der Waals surface area contributed by atoms with Crippen molar-refractivity contribution in [2.75, 3.05) is 24.4 Å². The van der Waals surface area contributed by atoms with Gasteiger partial charge in [0.25, 0.3) is 0 Å². The average molecular weight is 417 g/mol. The van der Waals surface area contributed by atoms with Crippen molar-refractivity contribution < 1.29 is 19.1 Å². The lowest BCUT2D eigenvalue weighted by Crippen LogP contribution is -2.10. The second-order valence-electron chi connectivity index (χ2n) is 6.18. The average Bonchev–Trinajstić information content (AvgIpc) is 2.72. The van der Waals surface area contributed by atoms with Gasteiger partial charge in [-0.2, -0.15) is 0 Å². The summed E-state index contributed by atoms with van der Waals surface area (Å²) >= 11 is 6.29. The zero-order chi connectivity index (χ0) is 21.2. The molecule has 0 aliphatic carbocycles. The number of carbonyl (C=O) groups excluding carboxylic acids is 2. The maximum Gasteiger partial charge on any atom is 0.248 e. The summed E-state index contributed by atoms with van der Waals surface area (Å²) in [5, 5.41) is 5.93. The summed E-state index contributed by atoms with van der Waals surface area (Å²) in [7, 11) is 1.54. The molecule has 0 radical (unpaired) electrons. The van der Waals surface area contributed by atoms with Gasteiger partial charge in [-0.15, -0.1) is 0 Å². The minimum absolute atomic E-state index is 0.0649. The van der Waals surface area contributed by atoms with Gasteiger partial charge in [0.1, 0.15) is 0 Å². The van der Waals surface area contributed by atoms with E-state index >= 15 is 0 Å². The molecule has 0 aliphatic heterocycles. The zero-order valence-corrected chi connectivity index (χ0v) is 17.5. The molecule has 2 N–H and O–H groups in total. The molecular formula is C22H25ClN2O4. The number of benzene rings is 2. The zero-order valence-electron chi connectivity index (χ0n) is 16.8. The van der Waals surface area contributed by atoms with Crippen molar-refractivity contribution in [2.24, 2.45) is 0 Å². The van der Waals surface area contributed by atoms with Gasteiger partial charge in [0.2, 0.25) is 11.8 Å². The van der Waals surface area contributed by atoms with Gasteiger partial charge in [0.15, 0.2) is 11.5 Å². The van der Waals surface area contributed by atoms with Crippen LogP contribution < -0.4 is 20.1 Å². The van der Waals surface area contributed by atoms with E-state index in [-0.39, 0.29) is 11.8 Å². The van der Waals surface area contributed by atoms with Crippen LogP contribution in [0.1, 0.15) is 32.3 Å². The molecule has 0 heterocycles. The van der Waals surface area contributed by atoms with E-state index in [0.29, 0.717) is 46.5 Å². The Balaban J connectivity index is 2.03. The fourth-order valence-corrected chi connectivity index (χ4v) is 2.70. The highest BCUT2D eigenvalue weighted by Crippen LogP contribution is 2.36. The lowest BCUT2D eigenvalue weighted by molar-refractivity contribution is -0.116. The molecule has 0 unspecified atom stereocenters. The number of rotatable bonds is 9. The fourth-order valence-electron chi connectivity index (χ4n) is 2.42. The molecule has 29 heavy (non-hydrogen) atoms. The molecule has 0 aliphatic rings. The van der Waals surface area contributed by atoms with Crippen LogP contribution in [0.5, 0.6) is 11.5 Å². The van der Waals surface area contributed by atoms with E-state index in [9.17, 15) is 9.59 Å². The van der Waals surface area contributed by atoms with Gasteiger partial charge in [-0.25, -0.2) is 0 Å². The number of ether oxygens (including phenoxy) is 2. The van der Waals surface area contributed by atoms with Gasteiger partial charge in [-0.1, -0.05) is 25.4 Å². The summed E-state index contributed by atoms with van der Waals surface area (Å²) in [5.74, 6) is 0.644. The third-order valence-corrected chi connectivity index (χ3v) is 4.17. The maximum absolute atomic E-state index is 12.2. The predicted molar refractivity (Wildman–Crippen MR) is 117 cm³/mol. The van der Waals surface area contributed by atoms with Crippen LogP contribution in [0.25, 0.3) is 6.08 Å². The van der Waals surface area contributed by atoms with Crippen LogP contribution in [0.2, 0.25) is 5.02 Å². The minimum atomic E-state index is -0.295. The van der Waals surface area contributed by atoms with Crippen molar-refractivity contribution >= 4 is 40.9 Å². The molecule has 0 saturated heterocycles. The number of carbonyl (C=O) groups is 2. The van der Waals surface area contributed by atoms with Gasteiger partial charge in [0, 0.05) is 23.9 Å². The Morgan fingerprint density at radius 2 is 1.72 bits per heavy atom. The summed E-state index contributed by atoms with van der Waals surface area (Å²) in [4.78, 5) is 23.6. The molecule has 2 amide bonds. The van der Waals surface area contributed by atoms with E-state index < -0.39 is 0 Å². The Bertz CT molecular complexity index is 879. The number of amides is 2. The van der Waals surface area contributed by atoms with Crippen LogP contribution in [-0.4, -0.2) is 25.5 Å². The second-order valence-corrected chi connectivity index (χ2v) is 6.59. The normalized spacial score (nSPS) is 10.6. The van der Waals surface area contributed by atoms with Crippen molar-refractivity contribution in [1.82, 2.24) is 0 Å². The van der Waals surface area contributed by atoms with Gasteiger partial charge in [-0.05, 0) is 54.5 Å². The first-order chi connectivity index (χ1) is 14.0. The van der Waals surface area contributed by atoms with Crippen LogP contribution >= 0.6 is 11.6 Å². The van der Waals surface area contributed by atoms with Gasteiger partial charge in [0.05, 0.1) is 18.7 Å². The van der Waals surface area contributed by atoms with Crippen molar-refractivity contribution in [1.29, 1.82) is 0 Å². The Hall–Kier alpha value is -2.99. The SMILES string of the molecule is CCCOc1c(Cl)cc(/C=C/C(=O)Nc2ccc(NC(=O)CC)cc2)cc1OC. The van der Waals surface area contributed by atoms with Crippen LogP contribution in [0.4, 0.5) is 11.4 Å². The topological polar surface area (TPSA) is 76.7 Å². The lowest BCUT2D eigenvalue weighted by Gasteiger charge is -2.12. The Morgan fingerprint density at radius 3 is 2.31 bits per heavy atom. The maximum atomic E-state index is 12.2. The van der Waals surface area contributed by atoms with Crippen molar-refractivity contribution in [3.8, 4) is 11.5 Å². The lowest BCUT2D eigenvalue weighted by atomic mass is 10.2. The third-order valence-electron chi connectivity index (χ3n) is 3.89. The Morgan fingerprint density at radius 1 is 1.07 bits per heavy atom. The molecule has 0 spiro atoms. The summed E-state index contributed by atoms with van der Waals surface area (Å²) in [5.41, 5.74) is 2.01. The van der Waals surface area contributed by atoms with E-state index in [1.54, 1.807) is 49.4 Å². The standard InChI is InChI=1S/C22H25ClN2O4/c1-4-12-29-22-18(23)13-15(14-19(22)28-3)6-11-21(27)25-17-9-7-16(8-10-17)24-20(26)5-2/h6-11,13-14H,4-5,12H2,1-3H3,(H,24,26)(H,25,27)/b11-6+. The highest BCUT2D eigenvalue weighted by Gasteiger charge is 2.11. The smallest absolute Gasteiger partial charge is 0.248 e. The summed E-state index contributed by atoms with van der Waals surface area (Å²) < 4.78 is 11.0. The molecule has 154 valence electrons. The van der Waals surface area contributed by atoms with E-state index in [1.807, 2.05) is 6.92 Å². The van der Waals surface area contributed by atoms with Crippen LogP contribution in [-0.2, 0) is 9.59 Å². The summed E-state index contributed by atoms with van der Waals surface area (Å²) in [6, 6.07) is 10.4. The van der Waals surface area contributed by atoms with Gasteiger partial charge >= 0.3 is 0 Å². The van der Waals surface area contributed by atoms with Crippen molar-refractivity contribution in [3.63, 3.8) is 0 Å². The predicted octanol–water partition coefficient (Wildman–Crippen LogP) is 5.14. The van der Waals surface area contributed by atoms with E-state index in [1.165, 1.54) is 13.2 Å². The first-order valence-corrected chi connectivity index (χ1v) is 9.73. The molecule has 2 rings (SSSR count). The van der Waals surface area contributed by atoms with Crippen LogP contribution in [0.15, 0.2) is 42.5 Å². The minimum Gasteiger partial charge on any atom is -0.493 e. The third kappa shape index (κ3) is 6.84. The molecular weight excluding hydrogens is 392 g/mol. The summed E-state index contributed by atoms with van der Waals surface area (Å²) in [6.07, 6.45) is 4.31. The highest BCUT2D eigenvalue weighted by atomic mass is 35.5. The van der Waals surface area contributed by atoms with Crippen LogP contribution in [0.3, 0.4) is 0 Å². The number of halogens is 1. The fraction of sp³-hybridized carbons (Fsp3) is 0.273. The van der Waals surface area contributed by atoms with E-state index in [0.717, 1.165) is 6.42 Å². The molecule has 0 bridgehead atoms. The Kier molecular flexibility index (Phi) is 8.55. The monoisotopic (exact) mass is 416 g/mol.